The molecule has 0 saturated heterocycles. The van der Waals surface area contributed by atoms with E-state index < -0.39 is 29.7 Å². The van der Waals surface area contributed by atoms with Crippen LogP contribution in [-0.2, 0) is 30.4 Å². The van der Waals surface area contributed by atoms with Crippen molar-refractivity contribution < 1.29 is 33.4 Å². The summed E-state index contributed by atoms with van der Waals surface area (Å²) in [5.74, 6) is -4.00. The maximum Gasteiger partial charge on any atom is 0.337 e. The van der Waals surface area contributed by atoms with Crippen LogP contribution in [0.15, 0.2) is 59.1 Å². The molecule has 2 aromatic carbocycles. The highest BCUT2D eigenvalue weighted by Gasteiger charge is 2.44. The van der Waals surface area contributed by atoms with Crippen molar-refractivity contribution in [2.75, 3.05) is 27.1 Å². The van der Waals surface area contributed by atoms with Gasteiger partial charge >= 0.3 is 11.9 Å². The van der Waals surface area contributed by atoms with E-state index >= 15 is 0 Å². The lowest BCUT2D eigenvalue weighted by Crippen LogP contribution is -2.44. The Morgan fingerprint density at radius 1 is 1.03 bits per heavy atom. The Kier molecular flexibility index (Phi) is 9.29. The third kappa shape index (κ3) is 6.48. The van der Waals surface area contributed by atoms with E-state index in [1.54, 1.807) is 31.4 Å². The molecule has 2 amide bonds. The van der Waals surface area contributed by atoms with Gasteiger partial charge in [0.25, 0.3) is 0 Å². The van der Waals surface area contributed by atoms with Crippen molar-refractivity contribution in [3.63, 3.8) is 0 Å². The maximum atomic E-state index is 12.9. The van der Waals surface area contributed by atoms with Crippen LogP contribution in [-0.4, -0.2) is 50.8 Å². The lowest BCUT2D eigenvalue weighted by Gasteiger charge is -2.31. The van der Waals surface area contributed by atoms with E-state index in [0.717, 1.165) is 24.4 Å². The Labute approximate surface area is 218 Å². The Hall–Kier alpha value is -4.30. The Morgan fingerprint density at radius 2 is 1.70 bits per heavy atom. The number of hydrogen-bond acceptors (Lipinski definition) is 9. The number of benzene rings is 2. The molecule has 37 heavy (non-hydrogen) atoms. The van der Waals surface area contributed by atoms with Crippen molar-refractivity contribution in [2.45, 2.75) is 12.5 Å². The number of esters is 2. The summed E-state index contributed by atoms with van der Waals surface area (Å²) in [6, 6.07) is 15.4. The van der Waals surface area contributed by atoms with Gasteiger partial charge in [-0.1, -0.05) is 36.0 Å². The lowest BCUT2D eigenvalue weighted by atomic mass is 9.78. The van der Waals surface area contributed by atoms with Gasteiger partial charge in [-0.2, -0.15) is 5.26 Å². The van der Waals surface area contributed by atoms with Gasteiger partial charge in [-0.3, -0.25) is 14.4 Å². The normalized spacial score (nSPS) is 16.8. The molecule has 0 aliphatic carbocycles. The summed E-state index contributed by atoms with van der Waals surface area (Å²) in [4.78, 5) is 49.7. The molecular weight excluding hydrogens is 498 g/mol. The fourth-order valence-electron chi connectivity index (χ4n) is 3.76. The predicted molar refractivity (Wildman–Crippen MR) is 134 cm³/mol. The highest BCUT2D eigenvalue weighted by atomic mass is 32.2. The standard InChI is InChI=1S/C26H25N3O7S/c1-34-18-10-4-15(5-11-18)13-28-20(30)14-37-24-19(12-27)21(22(23(31)29-24)26(33)36-3)16-6-8-17(9-7-16)25(32)35-2/h4-11,21-22H,13-14H2,1-3H3,(H,28,30)(H,29,31)/t21-,22+/m0/s1. The van der Waals surface area contributed by atoms with E-state index in [1.165, 1.54) is 19.2 Å². The van der Waals surface area contributed by atoms with E-state index in [9.17, 15) is 24.4 Å². The number of thioether (sulfide) groups is 1. The average Bonchev–Trinajstić information content (AvgIpc) is 2.93. The fourth-order valence-corrected chi connectivity index (χ4v) is 4.64. The van der Waals surface area contributed by atoms with Gasteiger partial charge in [0, 0.05) is 12.5 Å². The van der Waals surface area contributed by atoms with Crippen molar-refractivity contribution in [1.29, 1.82) is 5.26 Å². The smallest absolute Gasteiger partial charge is 0.337 e. The molecule has 11 heteroatoms. The summed E-state index contributed by atoms with van der Waals surface area (Å²) < 4.78 is 14.6. The third-order valence-electron chi connectivity index (χ3n) is 5.67. The van der Waals surface area contributed by atoms with Gasteiger partial charge in [0.15, 0.2) is 0 Å². The topological polar surface area (TPSA) is 144 Å². The average molecular weight is 524 g/mol. The lowest BCUT2D eigenvalue weighted by molar-refractivity contribution is -0.150. The van der Waals surface area contributed by atoms with E-state index in [4.69, 9.17) is 14.2 Å². The number of nitrogens with zero attached hydrogens (tertiary/aromatic N) is 1. The second-order valence-corrected chi connectivity index (χ2v) is 8.84. The van der Waals surface area contributed by atoms with Gasteiger partial charge in [0.05, 0.1) is 49.3 Å². The number of allylic oxidation sites excluding steroid dienone is 1. The summed E-state index contributed by atoms with van der Waals surface area (Å²) in [5, 5.41) is 15.5. The van der Waals surface area contributed by atoms with Crippen molar-refractivity contribution >= 4 is 35.5 Å². The third-order valence-corrected chi connectivity index (χ3v) is 6.69. The molecule has 0 radical (unpaired) electrons. The first kappa shape index (κ1) is 27.3. The van der Waals surface area contributed by atoms with Crippen LogP contribution in [0.4, 0.5) is 0 Å². The first-order valence-electron chi connectivity index (χ1n) is 11.1. The Morgan fingerprint density at radius 3 is 2.27 bits per heavy atom. The maximum absolute atomic E-state index is 12.9. The van der Waals surface area contributed by atoms with Crippen molar-refractivity contribution in [1.82, 2.24) is 10.6 Å². The number of hydrogen-bond donors (Lipinski definition) is 2. The molecule has 2 aromatic rings. The summed E-state index contributed by atoms with van der Waals surface area (Å²) in [6.07, 6.45) is 0. The minimum absolute atomic E-state index is 0.0756. The van der Waals surface area contributed by atoms with Crippen LogP contribution < -0.4 is 15.4 Å². The van der Waals surface area contributed by atoms with Crippen molar-refractivity contribution in [3.05, 3.63) is 75.8 Å². The van der Waals surface area contributed by atoms with E-state index in [1.807, 2.05) is 12.1 Å². The van der Waals surface area contributed by atoms with Crippen LogP contribution >= 0.6 is 11.8 Å². The van der Waals surface area contributed by atoms with Crippen LogP contribution in [0.1, 0.15) is 27.4 Å². The Balaban J connectivity index is 1.81. The number of nitrogens with one attached hydrogen (secondary N) is 2. The molecular formula is C26H25N3O7S. The largest absolute Gasteiger partial charge is 0.497 e. The van der Waals surface area contributed by atoms with Gasteiger partial charge in [0.1, 0.15) is 11.7 Å². The van der Waals surface area contributed by atoms with Crippen molar-refractivity contribution in [2.24, 2.45) is 5.92 Å². The second-order valence-electron chi connectivity index (χ2n) is 7.85. The number of nitriles is 1. The molecule has 3 rings (SSSR count). The molecule has 0 spiro atoms. The quantitative estimate of drug-likeness (QED) is 0.374. The molecule has 1 heterocycles. The molecule has 0 aromatic heterocycles. The molecule has 0 bridgehead atoms. The minimum atomic E-state index is -1.32. The van der Waals surface area contributed by atoms with Crippen LogP contribution in [0.25, 0.3) is 0 Å². The fraction of sp³-hybridized carbons (Fsp3) is 0.269. The molecule has 1 aliphatic heterocycles. The van der Waals surface area contributed by atoms with E-state index in [0.29, 0.717) is 17.9 Å². The van der Waals surface area contributed by atoms with Gasteiger partial charge < -0.3 is 24.8 Å². The van der Waals surface area contributed by atoms with E-state index in [-0.39, 0.29) is 27.8 Å². The zero-order valence-corrected chi connectivity index (χ0v) is 21.2. The summed E-state index contributed by atoms with van der Waals surface area (Å²) in [5.41, 5.74) is 1.70. The van der Waals surface area contributed by atoms with Gasteiger partial charge in [-0.25, -0.2) is 4.79 Å². The molecule has 10 nitrogen and oxygen atoms in total. The SMILES string of the molecule is COC(=O)c1ccc([C@H]2C(C#N)=C(SCC(=O)NCc3ccc(OC)cc3)NC(=O)[C@@H]2C(=O)OC)cc1. The molecule has 1 aliphatic rings. The highest BCUT2D eigenvalue weighted by Crippen LogP contribution is 2.40. The number of carbonyl (C=O) groups excluding carboxylic acids is 4. The predicted octanol–water partition coefficient (Wildman–Crippen LogP) is 2.27. The summed E-state index contributed by atoms with van der Waals surface area (Å²) in [6.45, 7) is 0.291. The van der Waals surface area contributed by atoms with E-state index in [2.05, 4.69) is 16.7 Å². The monoisotopic (exact) mass is 523 g/mol. The van der Waals surface area contributed by atoms with Gasteiger partial charge in [0.2, 0.25) is 11.8 Å². The summed E-state index contributed by atoms with van der Waals surface area (Å²) >= 11 is 0.981. The second kappa shape index (κ2) is 12.6. The molecule has 0 unspecified atom stereocenters. The molecule has 0 saturated carbocycles. The zero-order valence-electron chi connectivity index (χ0n) is 20.4. The van der Waals surface area contributed by atoms with Crippen LogP contribution in [0, 0.1) is 17.2 Å². The number of amides is 2. The first-order valence-corrected chi connectivity index (χ1v) is 12.0. The molecule has 2 atom stereocenters. The van der Waals surface area contributed by atoms with Gasteiger partial charge in [-0.05, 0) is 35.4 Å². The van der Waals surface area contributed by atoms with Crippen molar-refractivity contribution in [3.8, 4) is 11.8 Å². The number of methoxy groups -OCH3 is 3. The van der Waals surface area contributed by atoms with Gasteiger partial charge in [-0.15, -0.1) is 0 Å². The zero-order chi connectivity index (χ0) is 26.9. The highest BCUT2D eigenvalue weighted by molar-refractivity contribution is 8.03. The first-order chi connectivity index (χ1) is 17.8. The molecule has 192 valence electrons. The number of rotatable bonds is 9. The summed E-state index contributed by atoms with van der Waals surface area (Å²) in [7, 11) is 3.97. The molecule has 0 fully saturated rings. The van der Waals surface area contributed by atoms with Crippen LogP contribution in [0.2, 0.25) is 0 Å². The molecule has 2 N–H and O–H groups in total. The number of ether oxygens (including phenoxy) is 3. The van der Waals surface area contributed by atoms with Crippen LogP contribution in [0.3, 0.4) is 0 Å². The minimum Gasteiger partial charge on any atom is -0.497 e. The number of carbonyl (C=O) groups is 4. The Bertz CT molecular complexity index is 1250. The van der Waals surface area contributed by atoms with Crippen LogP contribution in [0.5, 0.6) is 5.75 Å².